The summed E-state index contributed by atoms with van der Waals surface area (Å²) in [6.07, 6.45) is 2.24. The summed E-state index contributed by atoms with van der Waals surface area (Å²) in [6, 6.07) is 0.211. The lowest BCUT2D eigenvalue weighted by atomic mass is 10.0. The Morgan fingerprint density at radius 2 is 2.29 bits per heavy atom. The van der Waals surface area contributed by atoms with Crippen LogP contribution < -0.4 is 0 Å². The van der Waals surface area contributed by atoms with E-state index < -0.39 is 11.9 Å². The van der Waals surface area contributed by atoms with E-state index in [-0.39, 0.29) is 6.04 Å². The minimum atomic E-state index is -0.844. The van der Waals surface area contributed by atoms with Gasteiger partial charge in [0.25, 0.3) is 0 Å². The number of nitrogens with zero attached hydrogens (tertiary/aromatic N) is 3. The quantitative estimate of drug-likeness (QED) is 0.793. The molecule has 14 heavy (non-hydrogen) atoms. The highest BCUT2D eigenvalue weighted by molar-refractivity contribution is 5.75. The van der Waals surface area contributed by atoms with Crippen LogP contribution in [0.3, 0.4) is 0 Å². The molecule has 5 heteroatoms. The summed E-state index contributed by atoms with van der Waals surface area (Å²) < 4.78 is 1.67. The van der Waals surface area contributed by atoms with Gasteiger partial charge in [0, 0.05) is 12.2 Å². The van der Waals surface area contributed by atoms with Crippen LogP contribution in [0.2, 0.25) is 0 Å². The van der Waals surface area contributed by atoms with Gasteiger partial charge >= 0.3 is 5.97 Å². The molecule has 0 bridgehead atoms. The lowest BCUT2D eigenvalue weighted by molar-refractivity contribution is -0.138. The van der Waals surface area contributed by atoms with Gasteiger partial charge in [-0.2, -0.15) is 0 Å². The number of hydrogen-bond donors (Lipinski definition) is 1. The van der Waals surface area contributed by atoms with E-state index in [4.69, 9.17) is 5.11 Å². The molecule has 0 aliphatic carbocycles. The van der Waals surface area contributed by atoms with Crippen molar-refractivity contribution in [3.8, 4) is 0 Å². The molecule has 0 fully saturated rings. The SMILES string of the molecule is CCC(C(=O)O)c1cn(C(C)C)nn1. The molecule has 0 aromatic carbocycles. The molecule has 0 aliphatic heterocycles. The fraction of sp³-hybridized carbons (Fsp3) is 0.667. The van der Waals surface area contributed by atoms with Crippen molar-refractivity contribution in [2.24, 2.45) is 0 Å². The molecule has 78 valence electrons. The van der Waals surface area contributed by atoms with E-state index in [1.54, 1.807) is 10.9 Å². The molecule has 0 amide bonds. The standard InChI is InChI=1S/C9H15N3O2/c1-4-7(9(13)14)8-5-12(6(2)3)11-10-8/h5-7H,4H2,1-3H3,(H,13,14). The Labute approximate surface area is 82.7 Å². The molecular weight excluding hydrogens is 182 g/mol. The van der Waals surface area contributed by atoms with Crippen LogP contribution in [0.15, 0.2) is 6.20 Å². The first-order chi connectivity index (χ1) is 6.56. The van der Waals surface area contributed by atoms with Crippen LogP contribution >= 0.6 is 0 Å². The van der Waals surface area contributed by atoms with Gasteiger partial charge in [0.1, 0.15) is 5.92 Å². The van der Waals surface area contributed by atoms with E-state index in [1.807, 2.05) is 20.8 Å². The summed E-state index contributed by atoms with van der Waals surface area (Å²) in [6.45, 7) is 5.77. The largest absolute Gasteiger partial charge is 0.481 e. The molecule has 0 radical (unpaired) electrons. The normalized spacial score (nSPS) is 13.1. The molecule has 0 saturated carbocycles. The monoisotopic (exact) mass is 197 g/mol. The minimum absolute atomic E-state index is 0.211. The van der Waals surface area contributed by atoms with Gasteiger partial charge in [-0.1, -0.05) is 12.1 Å². The Hall–Kier alpha value is -1.39. The van der Waals surface area contributed by atoms with Crippen LogP contribution in [-0.4, -0.2) is 26.1 Å². The zero-order valence-corrected chi connectivity index (χ0v) is 8.64. The van der Waals surface area contributed by atoms with Gasteiger partial charge in [-0.3, -0.25) is 4.79 Å². The summed E-state index contributed by atoms with van der Waals surface area (Å²) in [5.74, 6) is -1.38. The zero-order valence-electron chi connectivity index (χ0n) is 8.64. The average molecular weight is 197 g/mol. The smallest absolute Gasteiger partial charge is 0.312 e. The third kappa shape index (κ3) is 2.10. The molecule has 0 spiro atoms. The van der Waals surface area contributed by atoms with Gasteiger partial charge in [0.15, 0.2) is 0 Å². The van der Waals surface area contributed by atoms with Crippen LogP contribution in [0.4, 0.5) is 0 Å². The molecule has 0 saturated heterocycles. The predicted octanol–water partition coefficient (Wildman–Crippen LogP) is 1.44. The van der Waals surface area contributed by atoms with E-state index >= 15 is 0 Å². The number of hydrogen-bond acceptors (Lipinski definition) is 3. The van der Waals surface area contributed by atoms with Crippen molar-refractivity contribution < 1.29 is 9.90 Å². The highest BCUT2D eigenvalue weighted by Crippen LogP contribution is 2.17. The topological polar surface area (TPSA) is 68.0 Å². The van der Waals surface area contributed by atoms with Crippen LogP contribution in [-0.2, 0) is 4.79 Å². The van der Waals surface area contributed by atoms with E-state index in [2.05, 4.69) is 10.3 Å². The molecule has 1 aromatic rings. The first-order valence-corrected chi connectivity index (χ1v) is 4.70. The predicted molar refractivity (Wildman–Crippen MR) is 51.1 cm³/mol. The Bertz CT molecular complexity index is 320. The molecule has 1 aromatic heterocycles. The zero-order chi connectivity index (χ0) is 10.7. The van der Waals surface area contributed by atoms with E-state index in [1.165, 1.54) is 0 Å². The van der Waals surface area contributed by atoms with Crippen LogP contribution in [0.1, 0.15) is 44.8 Å². The summed E-state index contributed by atoms with van der Waals surface area (Å²) in [4.78, 5) is 10.8. The van der Waals surface area contributed by atoms with Crippen LogP contribution in [0, 0.1) is 0 Å². The second-order valence-corrected chi connectivity index (χ2v) is 3.52. The fourth-order valence-electron chi connectivity index (χ4n) is 1.21. The molecule has 0 aliphatic rings. The van der Waals surface area contributed by atoms with Gasteiger partial charge in [0.05, 0.1) is 5.69 Å². The van der Waals surface area contributed by atoms with Gasteiger partial charge in [-0.15, -0.1) is 5.10 Å². The Morgan fingerprint density at radius 3 is 2.64 bits per heavy atom. The lowest BCUT2D eigenvalue weighted by Crippen LogP contribution is -2.10. The van der Waals surface area contributed by atoms with Crippen LogP contribution in [0.5, 0.6) is 0 Å². The molecule has 1 rings (SSSR count). The number of aliphatic carboxylic acids is 1. The maximum Gasteiger partial charge on any atom is 0.312 e. The Balaban J connectivity index is 2.89. The Morgan fingerprint density at radius 1 is 1.64 bits per heavy atom. The van der Waals surface area contributed by atoms with Gasteiger partial charge < -0.3 is 5.11 Å². The summed E-state index contributed by atoms with van der Waals surface area (Å²) >= 11 is 0. The number of carboxylic acids is 1. The fourth-order valence-corrected chi connectivity index (χ4v) is 1.21. The maximum atomic E-state index is 10.8. The van der Waals surface area contributed by atoms with Crippen molar-refractivity contribution in [1.82, 2.24) is 15.0 Å². The number of aromatic nitrogens is 3. The molecule has 1 N–H and O–H groups in total. The average Bonchev–Trinajstić information content (AvgIpc) is 2.53. The van der Waals surface area contributed by atoms with Crippen LogP contribution in [0.25, 0.3) is 0 Å². The van der Waals surface area contributed by atoms with E-state index in [0.717, 1.165) is 0 Å². The minimum Gasteiger partial charge on any atom is -0.481 e. The van der Waals surface area contributed by atoms with Crippen molar-refractivity contribution >= 4 is 5.97 Å². The summed E-state index contributed by atoms with van der Waals surface area (Å²) in [5.41, 5.74) is 0.536. The Kier molecular flexibility index (Phi) is 3.22. The molecule has 5 nitrogen and oxygen atoms in total. The number of rotatable bonds is 4. The molecular formula is C9H15N3O2. The van der Waals surface area contributed by atoms with Crippen molar-refractivity contribution in [3.63, 3.8) is 0 Å². The number of carbonyl (C=O) groups is 1. The number of carboxylic acid groups (broad SMARTS) is 1. The third-order valence-corrected chi connectivity index (χ3v) is 2.12. The van der Waals surface area contributed by atoms with Crippen molar-refractivity contribution in [1.29, 1.82) is 0 Å². The van der Waals surface area contributed by atoms with Crippen molar-refractivity contribution in [2.45, 2.75) is 39.2 Å². The molecule has 1 atom stereocenters. The first kappa shape index (κ1) is 10.7. The van der Waals surface area contributed by atoms with E-state index in [9.17, 15) is 4.79 Å². The van der Waals surface area contributed by atoms with Gasteiger partial charge in [-0.25, -0.2) is 4.68 Å². The first-order valence-electron chi connectivity index (χ1n) is 4.70. The highest BCUT2D eigenvalue weighted by atomic mass is 16.4. The third-order valence-electron chi connectivity index (χ3n) is 2.12. The van der Waals surface area contributed by atoms with Gasteiger partial charge in [-0.05, 0) is 20.3 Å². The summed E-state index contributed by atoms with van der Waals surface area (Å²) in [5, 5.41) is 16.6. The van der Waals surface area contributed by atoms with Crippen molar-refractivity contribution in [2.75, 3.05) is 0 Å². The molecule has 1 unspecified atom stereocenters. The second kappa shape index (κ2) is 4.21. The van der Waals surface area contributed by atoms with Gasteiger partial charge in [0.2, 0.25) is 0 Å². The summed E-state index contributed by atoms with van der Waals surface area (Å²) in [7, 11) is 0. The molecule has 1 heterocycles. The highest BCUT2D eigenvalue weighted by Gasteiger charge is 2.21. The lowest BCUT2D eigenvalue weighted by Gasteiger charge is -2.04. The van der Waals surface area contributed by atoms with Crippen molar-refractivity contribution in [3.05, 3.63) is 11.9 Å². The maximum absolute atomic E-state index is 10.8. The second-order valence-electron chi connectivity index (χ2n) is 3.52. The van der Waals surface area contributed by atoms with E-state index in [0.29, 0.717) is 12.1 Å².